The van der Waals surface area contributed by atoms with Gasteiger partial charge in [0.05, 0.1) is 4.92 Å². The van der Waals surface area contributed by atoms with Crippen molar-refractivity contribution >= 4 is 11.6 Å². The molecule has 20 heavy (non-hydrogen) atoms. The molecule has 0 saturated carbocycles. The normalized spacial score (nSPS) is 10.7. The number of carbonyl (C=O) groups is 1. The monoisotopic (exact) mass is 274 g/mol. The number of terminal acetylenes is 1. The molecular weight excluding hydrogens is 256 g/mol. The van der Waals surface area contributed by atoms with E-state index in [2.05, 4.69) is 11.2 Å². The highest BCUT2D eigenvalue weighted by molar-refractivity contribution is 5.95. The Kier molecular flexibility index (Phi) is 4.87. The molecule has 0 saturated heterocycles. The third kappa shape index (κ3) is 3.15. The highest BCUT2D eigenvalue weighted by atomic mass is 16.6. The zero-order chi connectivity index (χ0) is 15.3. The molecule has 5 heteroatoms. The van der Waals surface area contributed by atoms with Crippen LogP contribution in [0, 0.1) is 29.4 Å². The van der Waals surface area contributed by atoms with Gasteiger partial charge in [0.1, 0.15) is 5.54 Å². The van der Waals surface area contributed by atoms with Gasteiger partial charge in [-0.3, -0.25) is 14.9 Å². The number of aryl methyl sites for hydroxylation is 1. The summed E-state index contributed by atoms with van der Waals surface area (Å²) in [6.07, 6.45) is 6.74. The minimum atomic E-state index is -0.674. The number of nitrogens with zero attached hydrogens (tertiary/aromatic N) is 1. The van der Waals surface area contributed by atoms with E-state index in [9.17, 15) is 14.9 Å². The van der Waals surface area contributed by atoms with E-state index in [0.717, 1.165) is 0 Å². The molecule has 1 rings (SSSR count). The number of nitro groups is 1. The van der Waals surface area contributed by atoms with Gasteiger partial charge in [-0.2, -0.15) is 0 Å². The zero-order valence-corrected chi connectivity index (χ0v) is 11.9. The fourth-order valence-electron chi connectivity index (χ4n) is 1.96. The minimum Gasteiger partial charge on any atom is -0.336 e. The molecule has 1 N–H and O–H groups in total. The molecule has 0 atom stereocenters. The van der Waals surface area contributed by atoms with Gasteiger partial charge >= 0.3 is 0 Å². The van der Waals surface area contributed by atoms with E-state index in [-0.39, 0.29) is 11.6 Å². The van der Waals surface area contributed by atoms with Gasteiger partial charge in [0.25, 0.3) is 11.6 Å². The minimum absolute atomic E-state index is 0.00394. The first kappa shape index (κ1) is 15.7. The predicted molar refractivity (Wildman–Crippen MR) is 77.4 cm³/mol. The number of carbonyl (C=O) groups excluding carboxylic acids is 1. The van der Waals surface area contributed by atoms with Crippen LogP contribution in [0.1, 0.15) is 42.6 Å². The Morgan fingerprint density at radius 3 is 2.45 bits per heavy atom. The molecule has 5 nitrogen and oxygen atoms in total. The van der Waals surface area contributed by atoms with Crippen LogP contribution in [-0.4, -0.2) is 16.4 Å². The molecule has 0 aliphatic heterocycles. The first-order valence-corrected chi connectivity index (χ1v) is 6.44. The van der Waals surface area contributed by atoms with E-state index in [1.165, 1.54) is 18.2 Å². The predicted octanol–water partition coefficient (Wildman–Crippen LogP) is 2.83. The molecule has 0 aliphatic carbocycles. The number of hydrogen-bond acceptors (Lipinski definition) is 3. The van der Waals surface area contributed by atoms with Gasteiger partial charge in [0.15, 0.2) is 0 Å². The van der Waals surface area contributed by atoms with Crippen LogP contribution in [0.15, 0.2) is 18.2 Å². The van der Waals surface area contributed by atoms with Gasteiger partial charge in [-0.15, -0.1) is 6.42 Å². The molecule has 1 aromatic rings. The quantitative estimate of drug-likeness (QED) is 0.510. The zero-order valence-electron chi connectivity index (χ0n) is 11.9. The van der Waals surface area contributed by atoms with Gasteiger partial charge < -0.3 is 5.32 Å². The van der Waals surface area contributed by atoms with Crippen molar-refractivity contribution in [1.29, 1.82) is 0 Å². The third-order valence-corrected chi connectivity index (χ3v) is 3.49. The Hall–Kier alpha value is -2.35. The lowest BCUT2D eigenvalue weighted by atomic mass is 9.93. The molecule has 0 fully saturated rings. The number of hydrogen-bond donors (Lipinski definition) is 1. The third-order valence-electron chi connectivity index (χ3n) is 3.49. The molecule has 0 aliphatic rings. The van der Waals surface area contributed by atoms with Crippen molar-refractivity contribution in [3.63, 3.8) is 0 Å². The first-order chi connectivity index (χ1) is 9.39. The second-order valence-corrected chi connectivity index (χ2v) is 4.65. The average molecular weight is 274 g/mol. The van der Waals surface area contributed by atoms with Crippen LogP contribution >= 0.6 is 0 Å². The van der Waals surface area contributed by atoms with E-state index in [0.29, 0.717) is 24.0 Å². The lowest BCUT2D eigenvalue weighted by Crippen LogP contribution is -2.46. The van der Waals surface area contributed by atoms with Gasteiger partial charge in [0.2, 0.25) is 0 Å². The summed E-state index contributed by atoms with van der Waals surface area (Å²) in [6.45, 7) is 5.42. The SMILES string of the molecule is C#CC(CC)(CC)NC(=O)c1ccc([N+](=O)[O-])c(C)c1. The van der Waals surface area contributed by atoms with Gasteiger partial charge in [-0.1, -0.05) is 19.8 Å². The van der Waals surface area contributed by atoms with E-state index in [4.69, 9.17) is 6.42 Å². The molecular formula is C15H18N2O3. The first-order valence-electron chi connectivity index (χ1n) is 6.44. The van der Waals surface area contributed by atoms with Crippen LogP contribution in [0.4, 0.5) is 5.69 Å². The van der Waals surface area contributed by atoms with Crippen molar-refractivity contribution in [3.8, 4) is 12.3 Å². The summed E-state index contributed by atoms with van der Waals surface area (Å²) in [5, 5.41) is 13.6. The van der Waals surface area contributed by atoms with Crippen molar-refractivity contribution < 1.29 is 9.72 Å². The van der Waals surface area contributed by atoms with Crippen LogP contribution < -0.4 is 5.32 Å². The summed E-state index contributed by atoms with van der Waals surface area (Å²) in [5.41, 5.74) is 0.138. The lowest BCUT2D eigenvalue weighted by Gasteiger charge is -2.27. The second-order valence-electron chi connectivity index (χ2n) is 4.65. The van der Waals surface area contributed by atoms with Gasteiger partial charge in [-0.25, -0.2) is 0 Å². The maximum Gasteiger partial charge on any atom is 0.272 e. The molecule has 0 bridgehead atoms. The Labute approximate surface area is 118 Å². The number of rotatable bonds is 5. The molecule has 1 amide bonds. The molecule has 0 aromatic heterocycles. The Balaban J connectivity index is 3.02. The van der Waals surface area contributed by atoms with E-state index in [1.807, 2.05) is 13.8 Å². The summed E-state index contributed by atoms with van der Waals surface area (Å²) in [6, 6.07) is 4.27. The van der Waals surface area contributed by atoms with Crippen LogP contribution in [0.25, 0.3) is 0 Å². The van der Waals surface area contributed by atoms with Crippen molar-refractivity contribution in [3.05, 3.63) is 39.4 Å². The number of benzene rings is 1. The summed E-state index contributed by atoms with van der Waals surface area (Å²) in [7, 11) is 0. The van der Waals surface area contributed by atoms with Crippen LogP contribution in [-0.2, 0) is 0 Å². The number of nitrogens with one attached hydrogen (secondary N) is 1. The van der Waals surface area contributed by atoms with Crippen molar-refractivity contribution in [1.82, 2.24) is 5.32 Å². The topological polar surface area (TPSA) is 72.2 Å². The van der Waals surface area contributed by atoms with Crippen molar-refractivity contribution in [2.45, 2.75) is 39.2 Å². The van der Waals surface area contributed by atoms with Gasteiger partial charge in [0, 0.05) is 17.2 Å². The molecule has 1 aromatic carbocycles. The largest absolute Gasteiger partial charge is 0.336 e. The van der Waals surface area contributed by atoms with Crippen molar-refractivity contribution in [2.24, 2.45) is 0 Å². The summed E-state index contributed by atoms with van der Waals surface area (Å²) in [4.78, 5) is 22.5. The highest BCUT2D eigenvalue weighted by Crippen LogP contribution is 2.20. The second kappa shape index (κ2) is 6.20. The molecule has 0 spiro atoms. The average Bonchev–Trinajstić information content (AvgIpc) is 2.44. The molecule has 0 unspecified atom stereocenters. The maximum absolute atomic E-state index is 12.2. The van der Waals surface area contributed by atoms with E-state index < -0.39 is 10.5 Å². The lowest BCUT2D eigenvalue weighted by molar-refractivity contribution is -0.385. The Bertz CT molecular complexity index is 569. The Morgan fingerprint density at radius 1 is 1.45 bits per heavy atom. The fraction of sp³-hybridized carbons (Fsp3) is 0.400. The summed E-state index contributed by atoms with van der Waals surface area (Å²) in [5.74, 6) is 2.30. The number of nitro benzene ring substituents is 1. The van der Waals surface area contributed by atoms with Gasteiger partial charge in [-0.05, 0) is 31.9 Å². The van der Waals surface area contributed by atoms with Crippen LogP contribution in [0.5, 0.6) is 0 Å². The molecule has 0 heterocycles. The van der Waals surface area contributed by atoms with Crippen molar-refractivity contribution in [2.75, 3.05) is 0 Å². The van der Waals surface area contributed by atoms with Crippen LogP contribution in [0.3, 0.4) is 0 Å². The standard InChI is InChI=1S/C15H18N2O3/c1-5-15(6-2,7-3)16-14(18)12-8-9-13(17(19)20)11(4)10-12/h1,8-10H,6-7H2,2-4H3,(H,16,18). The highest BCUT2D eigenvalue weighted by Gasteiger charge is 2.26. The van der Waals surface area contributed by atoms with Crippen LogP contribution in [0.2, 0.25) is 0 Å². The van der Waals surface area contributed by atoms with E-state index >= 15 is 0 Å². The number of amides is 1. The molecule has 0 radical (unpaired) electrons. The summed E-state index contributed by atoms with van der Waals surface area (Å²) < 4.78 is 0. The summed E-state index contributed by atoms with van der Waals surface area (Å²) >= 11 is 0. The van der Waals surface area contributed by atoms with E-state index in [1.54, 1.807) is 6.92 Å². The maximum atomic E-state index is 12.2. The Morgan fingerprint density at radius 2 is 2.05 bits per heavy atom. The smallest absolute Gasteiger partial charge is 0.272 e. The fourth-order valence-corrected chi connectivity index (χ4v) is 1.96. The molecule has 106 valence electrons.